The van der Waals surface area contributed by atoms with Gasteiger partial charge in [-0.15, -0.1) is 0 Å². The molecule has 2 rings (SSSR count). The number of para-hydroxylation sites is 1. The molecule has 0 heterocycles. The van der Waals surface area contributed by atoms with Crippen molar-refractivity contribution in [3.05, 3.63) is 74.5 Å². The van der Waals surface area contributed by atoms with Crippen molar-refractivity contribution in [2.24, 2.45) is 0 Å². The summed E-state index contributed by atoms with van der Waals surface area (Å²) in [4.78, 5) is 23.9. The molecule has 2 aromatic carbocycles. The van der Waals surface area contributed by atoms with Crippen molar-refractivity contribution in [1.29, 1.82) is 0 Å². The average molecular weight is 323 g/mol. The van der Waals surface area contributed by atoms with Crippen molar-refractivity contribution in [3.63, 3.8) is 0 Å². The van der Waals surface area contributed by atoms with Gasteiger partial charge in [0.1, 0.15) is 11.4 Å². The molecule has 0 aliphatic heterocycles. The maximum Gasteiger partial charge on any atom is 0.282 e. The van der Waals surface area contributed by atoms with Gasteiger partial charge in [-0.25, -0.2) is 4.39 Å². The number of nitro groups is 1. The Morgan fingerprint density at radius 3 is 2.59 bits per heavy atom. The highest BCUT2D eigenvalue weighted by molar-refractivity contribution is 6.31. The predicted molar refractivity (Wildman–Crippen MR) is 80.3 cm³/mol. The molecule has 114 valence electrons. The van der Waals surface area contributed by atoms with E-state index in [4.69, 9.17) is 11.6 Å². The molecule has 0 fully saturated rings. The summed E-state index contributed by atoms with van der Waals surface area (Å²) in [5.74, 6) is -1.11. The number of hydrogen-bond acceptors (Lipinski definition) is 3. The van der Waals surface area contributed by atoms with E-state index in [0.29, 0.717) is 0 Å². The Kier molecular flexibility index (Phi) is 4.72. The standard InChI is InChI=1S/C15H12ClFN2O3/c1-18(9-11-12(16)6-4-7-13(11)17)15(20)10-5-2-3-8-14(10)19(21)22/h2-8H,9H2,1H3. The molecule has 0 aliphatic carbocycles. The lowest BCUT2D eigenvalue weighted by molar-refractivity contribution is -0.385. The molecular weight excluding hydrogens is 311 g/mol. The summed E-state index contributed by atoms with van der Waals surface area (Å²) in [6.45, 7) is -0.0869. The first-order chi connectivity index (χ1) is 10.4. The summed E-state index contributed by atoms with van der Waals surface area (Å²) >= 11 is 5.92. The quantitative estimate of drug-likeness (QED) is 0.637. The van der Waals surface area contributed by atoms with Gasteiger partial charge in [0.15, 0.2) is 0 Å². The van der Waals surface area contributed by atoms with Gasteiger partial charge in [0, 0.05) is 30.2 Å². The van der Waals surface area contributed by atoms with E-state index >= 15 is 0 Å². The van der Waals surface area contributed by atoms with Crippen LogP contribution in [0, 0.1) is 15.9 Å². The Hall–Kier alpha value is -2.47. The number of carbonyl (C=O) groups is 1. The van der Waals surface area contributed by atoms with E-state index in [1.165, 1.54) is 54.4 Å². The number of halogens is 2. The number of carbonyl (C=O) groups excluding carboxylic acids is 1. The smallest absolute Gasteiger partial charge is 0.282 e. The normalized spacial score (nSPS) is 10.3. The molecule has 0 N–H and O–H groups in total. The fourth-order valence-electron chi connectivity index (χ4n) is 2.01. The van der Waals surface area contributed by atoms with Gasteiger partial charge < -0.3 is 4.90 Å². The molecule has 0 saturated heterocycles. The maximum absolute atomic E-state index is 13.8. The number of benzene rings is 2. The third-order valence-electron chi connectivity index (χ3n) is 3.13. The van der Waals surface area contributed by atoms with Crippen LogP contribution < -0.4 is 0 Å². The van der Waals surface area contributed by atoms with E-state index in [2.05, 4.69) is 0 Å². The van der Waals surface area contributed by atoms with Crippen LogP contribution in [0.25, 0.3) is 0 Å². The van der Waals surface area contributed by atoms with Crippen molar-refractivity contribution in [1.82, 2.24) is 4.90 Å². The fourth-order valence-corrected chi connectivity index (χ4v) is 2.23. The minimum Gasteiger partial charge on any atom is -0.337 e. The van der Waals surface area contributed by atoms with Gasteiger partial charge in [0.2, 0.25) is 0 Å². The van der Waals surface area contributed by atoms with Crippen LogP contribution in [0.5, 0.6) is 0 Å². The van der Waals surface area contributed by atoms with E-state index in [1.807, 2.05) is 0 Å². The number of rotatable bonds is 4. The highest BCUT2D eigenvalue weighted by Crippen LogP contribution is 2.23. The van der Waals surface area contributed by atoms with Crippen molar-refractivity contribution < 1.29 is 14.1 Å². The molecule has 5 nitrogen and oxygen atoms in total. The highest BCUT2D eigenvalue weighted by Gasteiger charge is 2.23. The van der Waals surface area contributed by atoms with E-state index < -0.39 is 16.6 Å². The second kappa shape index (κ2) is 6.53. The SMILES string of the molecule is CN(Cc1c(F)cccc1Cl)C(=O)c1ccccc1[N+](=O)[O-]. The number of nitrogens with zero attached hydrogens (tertiary/aromatic N) is 2. The summed E-state index contributed by atoms with van der Waals surface area (Å²) in [6, 6.07) is 9.84. The number of amides is 1. The molecule has 0 bridgehead atoms. The van der Waals surface area contributed by atoms with E-state index in [-0.39, 0.29) is 28.4 Å². The molecule has 0 atom stereocenters. The zero-order valence-corrected chi connectivity index (χ0v) is 12.4. The van der Waals surface area contributed by atoms with Gasteiger partial charge >= 0.3 is 0 Å². The van der Waals surface area contributed by atoms with Gasteiger partial charge in [-0.2, -0.15) is 0 Å². The Bertz CT molecular complexity index is 716. The predicted octanol–water partition coefficient (Wildman–Crippen LogP) is 3.66. The topological polar surface area (TPSA) is 63.5 Å². The Balaban J connectivity index is 2.29. The lowest BCUT2D eigenvalue weighted by atomic mass is 10.1. The van der Waals surface area contributed by atoms with Crippen molar-refractivity contribution in [2.75, 3.05) is 7.05 Å². The second-order valence-electron chi connectivity index (χ2n) is 4.64. The van der Waals surface area contributed by atoms with Crippen LogP contribution >= 0.6 is 11.6 Å². The molecule has 0 aromatic heterocycles. The summed E-state index contributed by atoms with van der Waals surface area (Å²) < 4.78 is 13.8. The first-order valence-electron chi connectivity index (χ1n) is 6.33. The molecule has 0 spiro atoms. The van der Waals surface area contributed by atoms with Gasteiger partial charge in [-0.3, -0.25) is 14.9 Å². The molecule has 2 aromatic rings. The Morgan fingerprint density at radius 2 is 1.95 bits per heavy atom. The zero-order chi connectivity index (χ0) is 16.3. The van der Waals surface area contributed by atoms with E-state index in [1.54, 1.807) is 0 Å². The average Bonchev–Trinajstić information content (AvgIpc) is 2.50. The van der Waals surface area contributed by atoms with E-state index in [9.17, 15) is 19.3 Å². The third-order valence-corrected chi connectivity index (χ3v) is 3.49. The molecule has 22 heavy (non-hydrogen) atoms. The summed E-state index contributed by atoms with van der Waals surface area (Å²) in [6.07, 6.45) is 0. The molecular formula is C15H12ClFN2O3. The summed E-state index contributed by atoms with van der Waals surface area (Å²) in [7, 11) is 1.43. The van der Waals surface area contributed by atoms with Crippen molar-refractivity contribution >= 4 is 23.2 Å². The Labute approximate surface area is 131 Å². The van der Waals surface area contributed by atoms with Gasteiger partial charge in [0.25, 0.3) is 11.6 Å². The molecule has 7 heteroatoms. The number of nitro benzene ring substituents is 1. The molecule has 0 unspecified atom stereocenters. The second-order valence-corrected chi connectivity index (χ2v) is 5.04. The summed E-state index contributed by atoms with van der Waals surface area (Å²) in [5.41, 5.74) is -0.181. The zero-order valence-electron chi connectivity index (χ0n) is 11.6. The van der Waals surface area contributed by atoms with Gasteiger partial charge in [-0.1, -0.05) is 29.8 Å². The minimum absolute atomic E-state index is 0.0533. The third kappa shape index (κ3) is 3.23. The van der Waals surface area contributed by atoms with Crippen LogP contribution in [-0.2, 0) is 6.54 Å². The lowest BCUT2D eigenvalue weighted by Crippen LogP contribution is -2.27. The minimum atomic E-state index is -0.628. The van der Waals surface area contributed by atoms with Crippen LogP contribution in [0.3, 0.4) is 0 Å². The monoisotopic (exact) mass is 322 g/mol. The van der Waals surface area contributed by atoms with Crippen LogP contribution in [0.15, 0.2) is 42.5 Å². The molecule has 0 saturated carbocycles. The van der Waals surface area contributed by atoms with Crippen LogP contribution in [0.1, 0.15) is 15.9 Å². The van der Waals surface area contributed by atoms with Crippen LogP contribution in [0.4, 0.5) is 10.1 Å². The van der Waals surface area contributed by atoms with Gasteiger partial charge in [-0.05, 0) is 18.2 Å². The summed E-state index contributed by atoms with van der Waals surface area (Å²) in [5, 5.41) is 11.2. The van der Waals surface area contributed by atoms with Crippen LogP contribution in [-0.4, -0.2) is 22.8 Å². The van der Waals surface area contributed by atoms with E-state index in [0.717, 1.165) is 0 Å². The van der Waals surface area contributed by atoms with Crippen molar-refractivity contribution in [3.8, 4) is 0 Å². The molecule has 0 aliphatic rings. The van der Waals surface area contributed by atoms with Crippen molar-refractivity contribution in [2.45, 2.75) is 6.54 Å². The molecule has 0 radical (unpaired) electrons. The first kappa shape index (κ1) is 15.9. The van der Waals surface area contributed by atoms with Gasteiger partial charge in [0.05, 0.1) is 4.92 Å². The fraction of sp³-hybridized carbons (Fsp3) is 0.133. The Morgan fingerprint density at radius 1 is 1.27 bits per heavy atom. The maximum atomic E-state index is 13.8. The number of hydrogen-bond donors (Lipinski definition) is 0. The highest BCUT2D eigenvalue weighted by atomic mass is 35.5. The first-order valence-corrected chi connectivity index (χ1v) is 6.71. The van der Waals surface area contributed by atoms with Crippen LogP contribution in [0.2, 0.25) is 5.02 Å². The largest absolute Gasteiger partial charge is 0.337 e. The lowest BCUT2D eigenvalue weighted by Gasteiger charge is -2.18. The molecule has 1 amide bonds.